The Kier molecular flexibility index (Phi) is 14.6. The molecule has 0 aromatic rings. The molecule has 0 aromatic heterocycles. The summed E-state index contributed by atoms with van der Waals surface area (Å²) in [4.78, 5) is 7.40. The molecule has 0 bridgehead atoms. The highest BCUT2D eigenvalue weighted by Crippen LogP contribution is 2.16. The van der Waals surface area contributed by atoms with Crippen molar-refractivity contribution in [3.63, 3.8) is 0 Å². The van der Waals surface area contributed by atoms with Crippen molar-refractivity contribution in [2.75, 3.05) is 34.3 Å². The van der Waals surface area contributed by atoms with E-state index >= 15 is 0 Å². The van der Waals surface area contributed by atoms with Gasteiger partial charge in [-0.05, 0) is 31.5 Å². The third-order valence-corrected chi connectivity index (χ3v) is 5.41. The van der Waals surface area contributed by atoms with E-state index in [0.717, 1.165) is 13.1 Å². The lowest BCUT2D eigenvalue weighted by atomic mass is 10.0. The third-order valence-electron chi connectivity index (χ3n) is 5.41. The molecular weight excluding hydrogens is 320 g/mol. The van der Waals surface area contributed by atoms with E-state index in [9.17, 15) is 0 Å². The normalized spacial score (nSPS) is 14.3. The van der Waals surface area contributed by atoms with Crippen molar-refractivity contribution in [1.82, 2.24) is 9.96 Å². The molecule has 0 atom stereocenters. The summed E-state index contributed by atoms with van der Waals surface area (Å²) in [7, 11) is 5.90. The van der Waals surface area contributed by atoms with Crippen LogP contribution in [0.1, 0.15) is 89.9 Å². The molecule has 3 nitrogen and oxygen atoms in total. The molecule has 0 aromatic carbocycles. The van der Waals surface area contributed by atoms with Crippen LogP contribution in [0.2, 0.25) is 0 Å². The SMILES string of the molecule is CON(C)CCCCCCCCCCCCCCCC1=CC=CN(C)C1. The monoisotopic (exact) mass is 364 g/mol. The Morgan fingerprint density at radius 3 is 1.85 bits per heavy atom. The molecule has 3 heteroatoms. The van der Waals surface area contributed by atoms with Gasteiger partial charge >= 0.3 is 0 Å². The van der Waals surface area contributed by atoms with Crippen molar-refractivity contribution >= 4 is 0 Å². The van der Waals surface area contributed by atoms with Crippen molar-refractivity contribution in [2.24, 2.45) is 0 Å². The van der Waals surface area contributed by atoms with E-state index in [2.05, 4.69) is 30.3 Å². The van der Waals surface area contributed by atoms with Crippen LogP contribution in [0.3, 0.4) is 0 Å². The maximum atomic E-state index is 5.12. The first-order chi connectivity index (χ1) is 12.7. The minimum Gasteiger partial charge on any atom is -0.376 e. The molecule has 0 amide bonds. The first-order valence-corrected chi connectivity index (χ1v) is 11.0. The zero-order valence-electron chi connectivity index (χ0n) is 17.8. The van der Waals surface area contributed by atoms with Crippen LogP contribution in [0, 0.1) is 0 Å². The topological polar surface area (TPSA) is 15.7 Å². The van der Waals surface area contributed by atoms with Crippen LogP contribution >= 0.6 is 0 Å². The second-order valence-corrected chi connectivity index (χ2v) is 7.96. The second kappa shape index (κ2) is 16.4. The number of unbranched alkanes of at least 4 members (excludes halogenated alkanes) is 12. The molecule has 26 heavy (non-hydrogen) atoms. The molecule has 1 aliphatic rings. The van der Waals surface area contributed by atoms with E-state index < -0.39 is 0 Å². The fourth-order valence-corrected chi connectivity index (χ4v) is 3.64. The zero-order chi connectivity index (χ0) is 18.9. The molecule has 0 spiro atoms. The van der Waals surface area contributed by atoms with Crippen molar-refractivity contribution in [3.8, 4) is 0 Å². The quantitative estimate of drug-likeness (QED) is 0.222. The summed E-state index contributed by atoms with van der Waals surface area (Å²) < 4.78 is 0. The Bertz CT molecular complexity index is 378. The van der Waals surface area contributed by atoms with Gasteiger partial charge in [-0.2, -0.15) is 5.06 Å². The van der Waals surface area contributed by atoms with E-state index in [1.165, 1.54) is 89.9 Å². The number of hydrogen-bond acceptors (Lipinski definition) is 3. The summed E-state index contributed by atoms with van der Waals surface area (Å²) >= 11 is 0. The van der Waals surface area contributed by atoms with Gasteiger partial charge in [0.15, 0.2) is 0 Å². The fraction of sp³-hybridized carbons (Fsp3) is 0.826. The lowest BCUT2D eigenvalue weighted by Crippen LogP contribution is -2.17. The average Bonchev–Trinajstić information content (AvgIpc) is 2.64. The van der Waals surface area contributed by atoms with Gasteiger partial charge < -0.3 is 9.74 Å². The molecule has 0 N–H and O–H groups in total. The van der Waals surface area contributed by atoms with Crippen LogP contribution in [0.25, 0.3) is 0 Å². The Morgan fingerprint density at radius 2 is 1.35 bits per heavy atom. The highest BCUT2D eigenvalue weighted by molar-refractivity contribution is 5.18. The summed E-state index contributed by atoms with van der Waals surface area (Å²) in [5.41, 5.74) is 1.60. The van der Waals surface area contributed by atoms with Crippen LogP contribution in [0.4, 0.5) is 0 Å². The van der Waals surface area contributed by atoms with Gasteiger partial charge in [-0.15, -0.1) is 0 Å². The number of hydrogen-bond donors (Lipinski definition) is 0. The smallest absolute Gasteiger partial charge is 0.0575 e. The molecular formula is C23H44N2O. The zero-order valence-corrected chi connectivity index (χ0v) is 17.8. The first kappa shape index (κ1) is 23.2. The van der Waals surface area contributed by atoms with Crippen molar-refractivity contribution < 1.29 is 4.84 Å². The van der Waals surface area contributed by atoms with Crippen LogP contribution in [0.5, 0.6) is 0 Å². The Balaban J connectivity index is 1.73. The molecule has 0 saturated carbocycles. The van der Waals surface area contributed by atoms with Crippen LogP contribution in [-0.4, -0.2) is 44.3 Å². The third kappa shape index (κ3) is 13.4. The summed E-state index contributed by atoms with van der Waals surface area (Å²) in [6.45, 7) is 2.18. The molecule has 0 fully saturated rings. The van der Waals surface area contributed by atoms with Crippen LogP contribution < -0.4 is 0 Å². The minimum absolute atomic E-state index is 1.06. The van der Waals surface area contributed by atoms with Gasteiger partial charge in [0, 0.05) is 27.2 Å². The van der Waals surface area contributed by atoms with Gasteiger partial charge in [0.05, 0.1) is 7.11 Å². The lowest BCUT2D eigenvalue weighted by molar-refractivity contribution is -0.109. The lowest BCUT2D eigenvalue weighted by Gasteiger charge is -2.19. The number of likely N-dealkylation sites (N-methyl/N-ethyl adjacent to an activating group) is 1. The van der Waals surface area contributed by atoms with Gasteiger partial charge in [-0.1, -0.05) is 82.3 Å². The maximum Gasteiger partial charge on any atom is 0.0575 e. The fourth-order valence-electron chi connectivity index (χ4n) is 3.64. The van der Waals surface area contributed by atoms with Crippen LogP contribution in [-0.2, 0) is 4.84 Å². The number of hydroxylamine groups is 2. The van der Waals surface area contributed by atoms with Gasteiger partial charge in [-0.25, -0.2) is 0 Å². The summed E-state index contributed by atoms with van der Waals surface area (Å²) in [6, 6.07) is 0. The van der Waals surface area contributed by atoms with Crippen molar-refractivity contribution in [1.29, 1.82) is 0 Å². The Labute approximate surface area is 163 Å². The largest absolute Gasteiger partial charge is 0.376 e. The van der Waals surface area contributed by atoms with Gasteiger partial charge in [0.25, 0.3) is 0 Å². The van der Waals surface area contributed by atoms with Gasteiger partial charge in [0.1, 0.15) is 0 Å². The summed E-state index contributed by atoms with van der Waals surface area (Å²) in [5.74, 6) is 0. The molecule has 1 rings (SSSR count). The molecule has 152 valence electrons. The standard InChI is InChI=1S/C23H44N2O/c1-24-20-17-19-23(22-24)18-15-13-11-9-7-5-4-6-8-10-12-14-16-21-25(2)26-3/h17,19-20H,4-16,18,21-22H2,1-3H3. The van der Waals surface area contributed by atoms with E-state index in [0.29, 0.717) is 0 Å². The van der Waals surface area contributed by atoms with Gasteiger partial charge in [-0.3, -0.25) is 0 Å². The first-order valence-electron chi connectivity index (χ1n) is 11.0. The molecule has 0 saturated heterocycles. The van der Waals surface area contributed by atoms with Crippen molar-refractivity contribution in [3.05, 3.63) is 23.9 Å². The molecule has 1 aliphatic heterocycles. The molecule has 1 heterocycles. The summed E-state index contributed by atoms with van der Waals surface area (Å²) in [5, 5.41) is 1.92. The minimum atomic E-state index is 1.06. The summed E-state index contributed by atoms with van der Waals surface area (Å²) in [6.07, 6.45) is 26.2. The van der Waals surface area contributed by atoms with E-state index in [-0.39, 0.29) is 0 Å². The van der Waals surface area contributed by atoms with E-state index in [1.54, 1.807) is 12.7 Å². The molecule has 0 unspecified atom stereocenters. The predicted molar refractivity (Wildman–Crippen MR) is 114 cm³/mol. The number of nitrogens with zero attached hydrogens (tertiary/aromatic N) is 2. The number of rotatable bonds is 17. The van der Waals surface area contributed by atoms with Crippen LogP contribution in [0.15, 0.2) is 23.9 Å². The van der Waals surface area contributed by atoms with E-state index in [1.807, 2.05) is 12.1 Å². The van der Waals surface area contributed by atoms with Gasteiger partial charge in [0.2, 0.25) is 0 Å². The Hall–Kier alpha value is -0.800. The Morgan fingerprint density at radius 1 is 0.846 bits per heavy atom. The highest BCUT2D eigenvalue weighted by Gasteiger charge is 2.03. The average molecular weight is 365 g/mol. The maximum absolute atomic E-state index is 5.12. The predicted octanol–water partition coefficient (Wildman–Crippen LogP) is 6.33. The van der Waals surface area contributed by atoms with Crippen molar-refractivity contribution in [2.45, 2.75) is 89.9 Å². The molecule has 0 aliphatic carbocycles. The van der Waals surface area contributed by atoms with E-state index in [4.69, 9.17) is 4.84 Å². The highest BCUT2D eigenvalue weighted by atomic mass is 16.7. The second-order valence-electron chi connectivity index (χ2n) is 7.96. The molecule has 0 radical (unpaired) electrons. The number of allylic oxidation sites excluding steroid dienone is 2.